The van der Waals surface area contributed by atoms with E-state index in [0.717, 1.165) is 12.1 Å². The second-order valence-corrected chi connectivity index (χ2v) is 5.47. The van der Waals surface area contributed by atoms with Crippen molar-refractivity contribution in [3.05, 3.63) is 57.5 Å². The number of aryl methyl sites for hydroxylation is 1. The Bertz CT molecular complexity index is 579. The monoisotopic (exact) mass is 291 g/mol. The van der Waals surface area contributed by atoms with Gasteiger partial charge in [0.2, 0.25) is 0 Å². The molecule has 0 saturated carbocycles. The van der Waals surface area contributed by atoms with Crippen LogP contribution < -0.4 is 10.6 Å². The zero-order valence-electron chi connectivity index (χ0n) is 11.6. The molecule has 1 aromatic heterocycles. The van der Waals surface area contributed by atoms with Crippen LogP contribution in [0.25, 0.3) is 0 Å². The third kappa shape index (κ3) is 4.06. The molecule has 1 heterocycles. The normalized spacial score (nSPS) is 11.4. The highest BCUT2D eigenvalue weighted by Gasteiger charge is 2.02. The number of hydrogen-bond donors (Lipinski definition) is 2. The maximum absolute atomic E-state index is 13.4. The Labute approximate surface area is 122 Å². The van der Waals surface area contributed by atoms with Crippen LogP contribution in [0.4, 0.5) is 4.39 Å². The highest BCUT2D eigenvalue weighted by molar-refractivity contribution is 7.09. The molecule has 0 bridgehead atoms. The number of aliphatic imine (C=N–C) groups is 1. The molecule has 2 N–H and O–H groups in total. The van der Waals surface area contributed by atoms with Crippen LogP contribution in [-0.4, -0.2) is 13.0 Å². The highest BCUT2D eigenvalue weighted by Crippen LogP contribution is 2.09. The summed E-state index contributed by atoms with van der Waals surface area (Å²) in [5.74, 6) is 0.533. The van der Waals surface area contributed by atoms with Gasteiger partial charge in [0.25, 0.3) is 0 Å². The van der Waals surface area contributed by atoms with E-state index in [9.17, 15) is 4.39 Å². The zero-order valence-corrected chi connectivity index (χ0v) is 12.4. The minimum atomic E-state index is -0.175. The van der Waals surface area contributed by atoms with Crippen molar-refractivity contribution in [3.8, 4) is 0 Å². The lowest BCUT2D eigenvalue weighted by Gasteiger charge is -2.11. The lowest BCUT2D eigenvalue weighted by atomic mass is 10.1. The van der Waals surface area contributed by atoms with E-state index in [2.05, 4.69) is 21.7 Å². The smallest absolute Gasteiger partial charge is 0.191 e. The number of thiophene rings is 1. The molecule has 0 aliphatic heterocycles. The maximum atomic E-state index is 13.4. The molecule has 106 valence electrons. The highest BCUT2D eigenvalue weighted by atomic mass is 32.1. The van der Waals surface area contributed by atoms with Crippen molar-refractivity contribution in [1.29, 1.82) is 0 Å². The summed E-state index contributed by atoms with van der Waals surface area (Å²) in [4.78, 5) is 5.39. The molecule has 0 atom stereocenters. The molecule has 5 heteroatoms. The second-order valence-electron chi connectivity index (χ2n) is 4.44. The Balaban J connectivity index is 1.85. The summed E-state index contributed by atoms with van der Waals surface area (Å²) < 4.78 is 13.4. The molecular formula is C15H18FN3S. The Morgan fingerprint density at radius 3 is 2.70 bits per heavy atom. The predicted molar refractivity (Wildman–Crippen MR) is 82.5 cm³/mol. The summed E-state index contributed by atoms with van der Waals surface area (Å²) in [5.41, 5.74) is 1.56. The van der Waals surface area contributed by atoms with Crippen molar-refractivity contribution < 1.29 is 4.39 Å². The molecule has 0 spiro atoms. The average molecular weight is 291 g/mol. The summed E-state index contributed by atoms with van der Waals surface area (Å²) in [6.45, 7) is 3.04. The average Bonchev–Trinajstić information content (AvgIpc) is 2.96. The summed E-state index contributed by atoms with van der Waals surface area (Å²) in [6.07, 6.45) is 0. The fraction of sp³-hybridized carbons (Fsp3) is 0.267. The van der Waals surface area contributed by atoms with Crippen LogP contribution in [0.1, 0.15) is 16.0 Å². The second kappa shape index (κ2) is 7.05. The maximum Gasteiger partial charge on any atom is 0.191 e. The van der Waals surface area contributed by atoms with Crippen molar-refractivity contribution in [2.45, 2.75) is 20.0 Å². The molecule has 20 heavy (non-hydrogen) atoms. The molecule has 0 aliphatic carbocycles. The quantitative estimate of drug-likeness (QED) is 0.671. The van der Waals surface area contributed by atoms with Crippen molar-refractivity contribution in [3.63, 3.8) is 0 Å². The number of rotatable bonds is 4. The van der Waals surface area contributed by atoms with Crippen LogP contribution in [0, 0.1) is 12.7 Å². The minimum Gasteiger partial charge on any atom is -0.352 e. The first-order valence-electron chi connectivity index (χ1n) is 6.41. The first-order valence-corrected chi connectivity index (χ1v) is 7.29. The van der Waals surface area contributed by atoms with Crippen molar-refractivity contribution in [2.24, 2.45) is 4.99 Å². The summed E-state index contributed by atoms with van der Waals surface area (Å²) in [5, 5.41) is 8.44. The minimum absolute atomic E-state index is 0.175. The van der Waals surface area contributed by atoms with Crippen LogP contribution in [0.15, 0.2) is 40.7 Å². The molecule has 3 nitrogen and oxygen atoms in total. The molecule has 0 aliphatic rings. The molecule has 2 aromatic rings. The lowest BCUT2D eigenvalue weighted by molar-refractivity contribution is 0.615. The van der Waals surface area contributed by atoms with E-state index in [4.69, 9.17) is 0 Å². The third-order valence-corrected chi connectivity index (χ3v) is 3.81. The lowest BCUT2D eigenvalue weighted by Crippen LogP contribution is -2.36. The molecule has 0 saturated heterocycles. The number of hydrogen-bond acceptors (Lipinski definition) is 2. The van der Waals surface area contributed by atoms with Crippen LogP contribution in [-0.2, 0) is 13.1 Å². The zero-order chi connectivity index (χ0) is 14.4. The van der Waals surface area contributed by atoms with E-state index in [1.807, 2.05) is 17.5 Å². The third-order valence-electron chi connectivity index (χ3n) is 2.93. The fourth-order valence-electron chi connectivity index (χ4n) is 1.74. The van der Waals surface area contributed by atoms with E-state index in [1.165, 1.54) is 4.88 Å². The van der Waals surface area contributed by atoms with Gasteiger partial charge in [-0.05, 0) is 35.6 Å². The van der Waals surface area contributed by atoms with Gasteiger partial charge < -0.3 is 10.6 Å². The summed E-state index contributed by atoms with van der Waals surface area (Å²) in [7, 11) is 1.72. The number of guanidine groups is 1. The number of halogens is 1. The molecule has 0 amide bonds. The summed E-state index contributed by atoms with van der Waals surface area (Å²) >= 11 is 1.70. The number of nitrogens with zero attached hydrogens (tertiary/aromatic N) is 1. The van der Waals surface area contributed by atoms with E-state index >= 15 is 0 Å². The Morgan fingerprint density at radius 2 is 2.05 bits per heavy atom. The van der Waals surface area contributed by atoms with Gasteiger partial charge in [-0.2, -0.15) is 0 Å². The van der Waals surface area contributed by atoms with Gasteiger partial charge in [-0.25, -0.2) is 4.39 Å². The van der Waals surface area contributed by atoms with E-state index in [-0.39, 0.29) is 5.82 Å². The van der Waals surface area contributed by atoms with Gasteiger partial charge in [-0.1, -0.05) is 18.2 Å². The van der Waals surface area contributed by atoms with Crippen molar-refractivity contribution in [1.82, 2.24) is 10.6 Å². The fourth-order valence-corrected chi connectivity index (χ4v) is 2.38. The van der Waals surface area contributed by atoms with Crippen molar-refractivity contribution in [2.75, 3.05) is 7.05 Å². The summed E-state index contributed by atoms with van der Waals surface area (Å²) in [6, 6.07) is 9.34. The van der Waals surface area contributed by atoms with Crippen LogP contribution in [0.3, 0.4) is 0 Å². The predicted octanol–water partition coefficient (Wildman–Crippen LogP) is 3.06. The SMILES string of the molecule is CN=C(NCc1ccc(C)c(F)c1)NCc1cccs1. The van der Waals surface area contributed by atoms with Gasteiger partial charge in [0.15, 0.2) is 5.96 Å². The molecular weight excluding hydrogens is 273 g/mol. The first-order chi connectivity index (χ1) is 9.69. The molecule has 0 radical (unpaired) electrons. The van der Waals surface area contributed by atoms with E-state index in [0.29, 0.717) is 18.1 Å². The van der Waals surface area contributed by atoms with Gasteiger partial charge >= 0.3 is 0 Å². The molecule has 1 aromatic carbocycles. The Hall–Kier alpha value is -1.88. The first kappa shape index (κ1) is 14.5. The largest absolute Gasteiger partial charge is 0.352 e. The van der Waals surface area contributed by atoms with Crippen LogP contribution >= 0.6 is 11.3 Å². The van der Waals surface area contributed by atoms with Gasteiger partial charge in [0.05, 0.1) is 6.54 Å². The van der Waals surface area contributed by atoms with Crippen molar-refractivity contribution >= 4 is 17.3 Å². The Kier molecular flexibility index (Phi) is 5.12. The van der Waals surface area contributed by atoms with Gasteiger partial charge in [-0.3, -0.25) is 4.99 Å². The van der Waals surface area contributed by atoms with E-state index < -0.39 is 0 Å². The molecule has 2 rings (SSSR count). The van der Waals surface area contributed by atoms with Gasteiger partial charge in [-0.15, -0.1) is 11.3 Å². The van der Waals surface area contributed by atoms with Gasteiger partial charge in [0, 0.05) is 18.5 Å². The van der Waals surface area contributed by atoms with Crippen LogP contribution in [0.5, 0.6) is 0 Å². The van der Waals surface area contributed by atoms with Crippen LogP contribution in [0.2, 0.25) is 0 Å². The topological polar surface area (TPSA) is 36.4 Å². The number of benzene rings is 1. The Morgan fingerprint density at radius 1 is 1.25 bits per heavy atom. The standard InChI is InChI=1S/C15H18FN3S/c1-11-5-6-12(8-14(11)16)9-18-15(17-2)19-10-13-4-3-7-20-13/h3-8H,9-10H2,1-2H3,(H2,17,18,19). The molecule has 0 fully saturated rings. The van der Waals surface area contributed by atoms with Gasteiger partial charge in [0.1, 0.15) is 5.82 Å². The number of nitrogens with one attached hydrogen (secondary N) is 2. The van der Waals surface area contributed by atoms with E-state index in [1.54, 1.807) is 37.4 Å². The molecule has 0 unspecified atom stereocenters.